The molecule has 0 spiro atoms. The van der Waals surface area contributed by atoms with Gasteiger partial charge < -0.3 is 0 Å². The van der Waals surface area contributed by atoms with Gasteiger partial charge in [-0.15, -0.1) is 0 Å². The first kappa shape index (κ1) is 17.4. The van der Waals surface area contributed by atoms with E-state index < -0.39 is 37.4 Å². The zero-order valence-corrected chi connectivity index (χ0v) is 9.55. The second kappa shape index (κ2) is 5.18. The zero-order valence-electron chi connectivity index (χ0n) is 9.55. The predicted molar refractivity (Wildman–Crippen MR) is 46.1 cm³/mol. The third-order valence-electron chi connectivity index (χ3n) is 2.04. The largest absolute Gasteiger partial charge is 0.423 e. The highest BCUT2D eigenvalue weighted by atomic mass is 19.3. The van der Waals surface area contributed by atoms with E-state index in [1.165, 1.54) is 6.92 Å². The summed E-state index contributed by atoms with van der Waals surface area (Å²) < 4.78 is 103. The molecule has 0 saturated carbocycles. The maximum atomic E-state index is 12.9. The molecular weight excluding hydrogens is 276 g/mol. The molecule has 0 unspecified atom stereocenters. The number of unbranched alkanes of at least 4 members (excludes halogenated alkanes) is 1. The number of hydrogen-bond donors (Lipinski definition) is 0. The number of ether oxygens (including phenoxy) is 1. The number of rotatable bonds is 7. The van der Waals surface area contributed by atoms with Crippen molar-refractivity contribution in [3.63, 3.8) is 0 Å². The maximum absolute atomic E-state index is 12.9. The van der Waals surface area contributed by atoms with Crippen molar-refractivity contribution in [2.24, 2.45) is 0 Å². The number of halogens is 8. The van der Waals surface area contributed by atoms with Gasteiger partial charge in [0.05, 0.1) is 0 Å². The molecule has 0 amide bonds. The van der Waals surface area contributed by atoms with Crippen LogP contribution in [-0.2, 0) is 4.74 Å². The van der Waals surface area contributed by atoms with Crippen molar-refractivity contribution in [3.05, 3.63) is 0 Å². The molecule has 0 aromatic carbocycles. The van der Waals surface area contributed by atoms with Gasteiger partial charge in [-0.25, -0.2) is 4.74 Å². The van der Waals surface area contributed by atoms with Crippen LogP contribution in [-0.4, -0.2) is 24.1 Å². The van der Waals surface area contributed by atoms with Crippen LogP contribution in [0.1, 0.15) is 33.1 Å². The average Bonchev–Trinajstić information content (AvgIpc) is 2.10. The van der Waals surface area contributed by atoms with E-state index in [0.29, 0.717) is 0 Å². The Morgan fingerprint density at radius 1 is 0.833 bits per heavy atom. The number of hydrogen-bond acceptors (Lipinski definition) is 1. The summed E-state index contributed by atoms with van der Waals surface area (Å²) in [6.07, 6.45) is -13.1. The first-order valence-corrected chi connectivity index (χ1v) is 4.98. The highest BCUT2D eigenvalue weighted by Gasteiger charge is 2.66. The van der Waals surface area contributed by atoms with Gasteiger partial charge in [-0.2, -0.15) is 35.1 Å². The summed E-state index contributed by atoms with van der Waals surface area (Å²) >= 11 is 0. The molecule has 0 N–H and O–H groups in total. The molecule has 18 heavy (non-hydrogen) atoms. The SMILES string of the molecule is CCCCC(F)(F)C(F)(F)OC(F)(F)C(C)(F)F. The van der Waals surface area contributed by atoms with Crippen LogP contribution in [0.2, 0.25) is 0 Å². The second-order valence-corrected chi connectivity index (χ2v) is 3.83. The quantitative estimate of drug-likeness (QED) is 0.619. The fourth-order valence-electron chi connectivity index (χ4n) is 0.870. The van der Waals surface area contributed by atoms with E-state index in [-0.39, 0.29) is 12.8 Å². The van der Waals surface area contributed by atoms with E-state index >= 15 is 0 Å². The summed E-state index contributed by atoms with van der Waals surface area (Å²) in [5.41, 5.74) is 0. The van der Waals surface area contributed by atoms with E-state index in [4.69, 9.17) is 0 Å². The van der Waals surface area contributed by atoms with Gasteiger partial charge in [0.1, 0.15) is 0 Å². The van der Waals surface area contributed by atoms with E-state index in [2.05, 4.69) is 4.74 Å². The fraction of sp³-hybridized carbons (Fsp3) is 1.00. The highest BCUT2D eigenvalue weighted by molar-refractivity contribution is 4.81. The highest BCUT2D eigenvalue weighted by Crippen LogP contribution is 2.46. The predicted octanol–water partition coefficient (Wildman–Crippen LogP) is 4.67. The number of alkyl halides is 8. The molecule has 110 valence electrons. The molecule has 0 rings (SSSR count). The molecule has 0 radical (unpaired) electrons. The van der Waals surface area contributed by atoms with Crippen LogP contribution in [0.15, 0.2) is 0 Å². The summed E-state index contributed by atoms with van der Waals surface area (Å²) in [6, 6.07) is 0. The Morgan fingerprint density at radius 2 is 1.28 bits per heavy atom. The molecule has 9 heteroatoms. The standard InChI is InChI=1S/C9H12F8O/c1-3-4-5-7(12,13)9(16,17)18-8(14,15)6(2,10)11/h3-5H2,1-2H3. The summed E-state index contributed by atoms with van der Waals surface area (Å²) in [6.45, 7) is 0.997. The topological polar surface area (TPSA) is 9.23 Å². The monoisotopic (exact) mass is 288 g/mol. The summed E-state index contributed by atoms with van der Waals surface area (Å²) in [5.74, 6) is -9.95. The van der Waals surface area contributed by atoms with E-state index in [9.17, 15) is 35.1 Å². The molecule has 0 aliphatic carbocycles. The lowest BCUT2D eigenvalue weighted by Crippen LogP contribution is -2.52. The third-order valence-corrected chi connectivity index (χ3v) is 2.04. The van der Waals surface area contributed by atoms with Crippen LogP contribution in [0.5, 0.6) is 0 Å². The van der Waals surface area contributed by atoms with Gasteiger partial charge in [0.15, 0.2) is 0 Å². The summed E-state index contributed by atoms with van der Waals surface area (Å²) in [4.78, 5) is 0. The lowest BCUT2D eigenvalue weighted by molar-refractivity contribution is -0.465. The molecule has 0 bridgehead atoms. The van der Waals surface area contributed by atoms with Crippen molar-refractivity contribution in [3.8, 4) is 0 Å². The Balaban J connectivity index is 4.94. The summed E-state index contributed by atoms with van der Waals surface area (Å²) in [5, 5.41) is 0. The Kier molecular flexibility index (Phi) is 5.01. The first-order chi connectivity index (χ1) is 7.77. The van der Waals surface area contributed by atoms with Crippen LogP contribution in [0.25, 0.3) is 0 Å². The Hall–Kier alpha value is -0.600. The van der Waals surface area contributed by atoms with Gasteiger partial charge in [-0.05, 0) is 6.42 Å². The minimum absolute atomic E-state index is 0.103. The molecule has 1 nitrogen and oxygen atoms in total. The van der Waals surface area contributed by atoms with Crippen molar-refractivity contribution in [1.29, 1.82) is 0 Å². The van der Waals surface area contributed by atoms with Gasteiger partial charge in [-0.3, -0.25) is 0 Å². The van der Waals surface area contributed by atoms with Crippen LogP contribution >= 0.6 is 0 Å². The molecule has 0 heterocycles. The lowest BCUT2D eigenvalue weighted by Gasteiger charge is -2.31. The van der Waals surface area contributed by atoms with Crippen molar-refractivity contribution in [2.45, 2.75) is 57.2 Å². The van der Waals surface area contributed by atoms with Crippen LogP contribution in [0, 0.1) is 0 Å². The Labute approximate surface area is 98.1 Å². The summed E-state index contributed by atoms with van der Waals surface area (Å²) in [7, 11) is 0. The van der Waals surface area contributed by atoms with Crippen molar-refractivity contribution < 1.29 is 39.9 Å². The molecule has 0 aromatic rings. The van der Waals surface area contributed by atoms with Gasteiger partial charge >= 0.3 is 24.1 Å². The van der Waals surface area contributed by atoms with Crippen molar-refractivity contribution >= 4 is 0 Å². The van der Waals surface area contributed by atoms with Crippen molar-refractivity contribution in [1.82, 2.24) is 0 Å². The molecule has 0 aromatic heterocycles. The van der Waals surface area contributed by atoms with Crippen LogP contribution in [0.3, 0.4) is 0 Å². The Bertz CT molecular complexity index is 270. The lowest BCUT2D eigenvalue weighted by atomic mass is 10.1. The first-order valence-electron chi connectivity index (χ1n) is 4.98. The molecule has 0 aliphatic rings. The fourth-order valence-corrected chi connectivity index (χ4v) is 0.870. The smallest absolute Gasteiger partial charge is 0.246 e. The average molecular weight is 288 g/mol. The normalized spacial score (nSPS) is 15.0. The van der Waals surface area contributed by atoms with E-state index in [0.717, 1.165) is 0 Å². The molecule has 0 atom stereocenters. The molecule has 0 fully saturated rings. The maximum Gasteiger partial charge on any atom is 0.423 e. The molecule has 0 aliphatic heterocycles. The van der Waals surface area contributed by atoms with E-state index in [1.54, 1.807) is 0 Å². The van der Waals surface area contributed by atoms with Crippen molar-refractivity contribution in [2.75, 3.05) is 0 Å². The van der Waals surface area contributed by atoms with Crippen LogP contribution < -0.4 is 0 Å². The minimum Gasteiger partial charge on any atom is -0.246 e. The van der Waals surface area contributed by atoms with Gasteiger partial charge in [0.2, 0.25) is 0 Å². The minimum atomic E-state index is -5.69. The van der Waals surface area contributed by atoms with E-state index in [1.807, 2.05) is 0 Å². The van der Waals surface area contributed by atoms with Gasteiger partial charge in [0, 0.05) is 13.3 Å². The molecule has 0 saturated heterocycles. The van der Waals surface area contributed by atoms with Crippen LogP contribution in [0.4, 0.5) is 35.1 Å². The zero-order chi connectivity index (χ0) is 14.8. The van der Waals surface area contributed by atoms with Gasteiger partial charge in [-0.1, -0.05) is 13.3 Å². The second-order valence-electron chi connectivity index (χ2n) is 3.83. The Morgan fingerprint density at radius 3 is 1.61 bits per heavy atom. The third kappa shape index (κ3) is 3.96. The van der Waals surface area contributed by atoms with Gasteiger partial charge in [0.25, 0.3) is 0 Å². The molecular formula is C9H12F8O.